The van der Waals surface area contributed by atoms with Gasteiger partial charge in [-0.1, -0.05) is 85.4 Å². The first-order chi connectivity index (χ1) is 14.8. The standard InChI is InChI=1S/C29H24O/c1-2-30-24-15-13-22(14-16-24)26-18-19-28-25-11-7-6-10-23(25)20-29(28)27(26)17-12-21-8-4-3-5-9-21/h2-11,13-16,18-19H,1,12,17,20H2. The fraction of sp³-hybridized carbons (Fsp3) is 0.103. The molecule has 0 aromatic heterocycles. The average Bonchev–Trinajstić information content (AvgIpc) is 3.18. The van der Waals surface area contributed by atoms with Gasteiger partial charge < -0.3 is 4.74 Å². The Morgan fingerprint density at radius 1 is 0.700 bits per heavy atom. The molecule has 0 unspecified atom stereocenters. The smallest absolute Gasteiger partial charge is 0.126 e. The van der Waals surface area contributed by atoms with Crippen molar-refractivity contribution in [3.63, 3.8) is 0 Å². The van der Waals surface area contributed by atoms with E-state index in [1.807, 2.05) is 12.1 Å². The highest BCUT2D eigenvalue weighted by Crippen LogP contribution is 2.42. The third kappa shape index (κ3) is 3.44. The molecule has 5 rings (SSSR count). The van der Waals surface area contributed by atoms with Crippen molar-refractivity contribution in [1.29, 1.82) is 0 Å². The quantitative estimate of drug-likeness (QED) is 0.279. The van der Waals surface area contributed by atoms with Crippen LogP contribution < -0.4 is 4.74 Å². The molecule has 4 aromatic carbocycles. The van der Waals surface area contributed by atoms with Crippen LogP contribution in [0.1, 0.15) is 22.3 Å². The molecule has 30 heavy (non-hydrogen) atoms. The van der Waals surface area contributed by atoms with Gasteiger partial charge >= 0.3 is 0 Å². The highest BCUT2D eigenvalue weighted by molar-refractivity contribution is 5.83. The molecule has 0 fully saturated rings. The summed E-state index contributed by atoms with van der Waals surface area (Å²) in [6, 6.07) is 32.5. The maximum absolute atomic E-state index is 5.41. The molecule has 1 aliphatic rings. The van der Waals surface area contributed by atoms with Crippen LogP contribution in [0, 0.1) is 0 Å². The molecule has 0 saturated carbocycles. The van der Waals surface area contributed by atoms with Crippen molar-refractivity contribution in [3.8, 4) is 28.0 Å². The van der Waals surface area contributed by atoms with E-state index in [0.29, 0.717) is 0 Å². The van der Waals surface area contributed by atoms with Gasteiger partial charge in [0.25, 0.3) is 0 Å². The molecule has 0 N–H and O–H groups in total. The number of hydrogen-bond acceptors (Lipinski definition) is 1. The number of benzene rings is 4. The van der Waals surface area contributed by atoms with E-state index in [4.69, 9.17) is 4.74 Å². The summed E-state index contributed by atoms with van der Waals surface area (Å²) in [6.07, 6.45) is 4.55. The third-order valence-electron chi connectivity index (χ3n) is 6.00. The molecule has 0 bridgehead atoms. The molecule has 1 aliphatic carbocycles. The summed E-state index contributed by atoms with van der Waals surface area (Å²) < 4.78 is 5.41. The predicted molar refractivity (Wildman–Crippen MR) is 125 cm³/mol. The van der Waals surface area contributed by atoms with E-state index in [1.165, 1.54) is 50.8 Å². The first kappa shape index (κ1) is 18.4. The second-order valence-corrected chi connectivity index (χ2v) is 7.75. The van der Waals surface area contributed by atoms with Crippen molar-refractivity contribution in [3.05, 3.63) is 126 Å². The van der Waals surface area contributed by atoms with Gasteiger partial charge in [0.2, 0.25) is 0 Å². The summed E-state index contributed by atoms with van der Waals surface area (Å²) >= 11 is 0. The molecule has 0 radical (unpaired) electrons. The zero-order valence-electron chi connectivity index (χ0n) is 17.0. The van der Waals surface area contributed by atoms with Gasteiger partial charge in [-0.05, 0) is 75.9 Å². The van der Waals surface area contributed by atoms with E-state index in [1.54, 1.807) is 0 Å². The van der Waals surface area contributed by atoms with Crippen LogP contribution in [0.15, 0.2) is 104 Å². The minimum absolute atomic E-state index is 0.813. The lowest BCUT2D eigenvalue weighted by molar-refractivity contribution is 0.483. The normalized spacial score (nSPS) is 11.6. The lowest BCUT2D eigenvalue weighted by atomic mass is 9.88. The van der Waals surface area contributed by atoms with Crippen molar-refractivity contribution < 1.29 is 4.74 Å². The molecular weight excluding hydrogens is 364 g/mol. The summed E-state index contributed by atoms with van der Waals surface area (Å²) in [6.45, 7) is 3.64. The highest BCUT2D eigenvalue weighted by Gasteiger charge is 2.23. The molecule has 4 aromatic rings. The minimum Gasteiger partial charge on any atom is -0.466 e. The molecule has 0 spiro atoms. The molecule has 0 heterocycles. The lowest BCUT2D eigenvalue weighted by Gasteiger charge is -2.16. The Bertz CT molecular complexity index is 1190. The van der Waals surface area contributed by atoms with E-state index in [2.05, 4.69) is 85.4 Å². The molecule has 1 nitrogen and oxygen atoms in total. The Kier molecular flexibility index (Phi) is 4.94. The van der Waals surface area contributed by atoms with Crippen LogP contribution in [0.5, 0.6) is 5.75 Å². The largest absolute Gasteiger partial charge is 0.466 e. The van der Waals surface area contributed by atoms with Crippen molar-refractivity contribution in [2.75, 3.05) is 0 Å². The van der Waals surface area contributed by atoms with Crippen LogP contribution in [0.3, 0.4) is 0 Å². The summed E-state index contributed by atoms with van der Waals surface area (Å²) in [5.41, 5.74) is 11.1. The number of aryl methyl sites for hydroxylation is 1. The lowest BCUT2D eigenvalue weighted by Crippen LogP contribution is -2.00. The second kappa shape index (κ2) is 8.04. The maximum Gasteiger partial charge on any atom is 0.126 e. The molecule has 0 amide bonds. The van der Waals surface area contributed by atoms with E-state index in [9.17, 15) is 0 Å². The Hall–Kier alpha value is -3.58. The molecule has 1 heteroatoms. The highest BCUT2D eigenvalue weighted by atomic mass is 16.5. The number of fused-ring (bicyclic) bond motifs is 3. The van der Waals surface area contributed by atoms with E-state index in [-0.39, 0.29) is 0 Å². The second-order valence-electron chi connectivity index (χ2n) is 7.75. The summed E-state index contributed by atoms with van der Waals surface area (Å²) in [4.78, 5) is 0. The van der Waals surface area contributed by atoms with E-state index in [0.717, 1.165) is 25.0 Å². The minimum atomic E-state index is 0.813. The molecular formula is C29H24O. The number of hydrogen-bond donors (Lipinski definition) is 0. The fourth-order valence-electron chi connectivity index (χ4n) is 4.55. The van der Waals surface area contributed by atoms with Gasteiger partial charge in [-0.15, -0.1) is 0 Å². The maximum atomic E-state index is 5.41. The first-order valence-electron chi connectivity index (χ1n) is 10.5. The van der Waals surface area contributed by atoms with Crippen molar-refractivity contribution in [2.45, 2.75) is 19.3 Å². The van der Waals surface area contributed by atoms with Crippen LogP contribution in [0.25, 0.3) is 22.3 Å². The Morgan fingerprint density at radius 3 is 2.23 bits per heavy atom. The van der Waals surface area contributed by atoms with E-state index >= 15 is 0 Å². The van der Waals surface area contributed by atoms with Gasteiger partial charge in [0.15, 0.2) is 0 Å². The van der Waals surface area contributed by atoms with Crippen LogP contribution >= 0.6 is 0 Å². The average molecular weight is 389 g/mol. The Balaban J connectivity index is 1.58. The van der Waals surface area contributed by atoms with Crippen LogP contribution in [0.2, 0.25) is 0 Å². The molecule has 0 atom stereocenters. The van der Waals surface area contributed by atoms with Crippen LogP contribution in [-0.4, -0.2) is 0 Å². The van der Waals surface area contributed by atoms with Gasteiger partial charge in [0.1, 0.15) is 5.75 Å². The van der Waals surface area contributed by atoms with Crippen molar-refractivity contribution in [2.24, 2.45) is 0 Å². The fourth-order valence-corrected chi connectivity index (χ4v) is 4.55. The summed E-state index contributed by atoms with van der Waals surface area (Å²) in [7, 11) is 0. The molecule has 0 aliphatic heterocycles. The SMILES string of the molecule is C=COc1ccc(-c2ccc3c(c2CCc2ccccc2)Cc2ccccc2-3)cc1. The van der Waals surface area contributed by atoms with Crippen molar-refractivity contribution in [1.82, 2.24) is 0 Å². The van der Waals surface area contributed by atoms with Crippen molar-refractivity contribution >= 4 is 0 Å². The first-order valence-corrected chi connectivity index (χ1v) is 10.5. The number of ether oxygens (including phenoxy) is 1. The zero-order valence-corrected chi connectivity index (χ0v) is 17.0. The van der Waals surface area contributed by atoms with E-state index < -0.39 is 0 Å². The Labute approximate surface area is 178 Å². The number of rotatable bonds is 6. The zero-order chi connectivity index (χ0) is 20.3. The van der Waals surface area contributed by atoms with Crippen LogP contribution in [0.4, 0.5) is 0 Å². The van der Waals surface area contributed by atoms with Gasteiger partial charge in [-0.25, -0.2) is 0 Å². The Morgan fingerprint density at radius 2 is 1.43 bits per heavy atom. The summed E-state index contributed by atoms with van der Waals surface area (Å²) in [5, 5.41) is 0. The molecule has 0 saturated heterocycles. The monoisotopic (exact) mass is 388 g/mol. The van der Waals surface area contributed by atoms with Gasteiger partial charge in [0.05, 0.1) is 6.26 Å². The third-order valence-corrected chi connectivity index (χ3v) is 6.00. The van der Waals surface area contributed by atoms with Gasteiger partial charge in [-0.2, -0.15) is 0 Å². The predicted octanol–water partition coefficient (Wildman–Crippen LogP) is 7.23. The van der Waals surface area contributed by atoms with Crippen LogP contribution in [-0.2, 0) is 19.3 Å². The van der Waals surface area contributed by atoms with Gasteiger partial charge in [-0.3, -0.25) is 0 Å². The van der Waals surface area contributed by atoms with Gasteiger partial charge in [0, 0.05) is 0 Å². The summed E-state index contributed by atoms with van der Waals surface area (Å²) in [5.74, 6) is 0.813. The topological polar surface area (TPSA) is 9.23 Å². The molecule has 146 valence electrons.